The molecule has 0 bridgehead atoms. The molecule has 1 atom stereocenters. The van der Waals surface area contributed by atoms with Gasteiger partial charge in [0.2, 0.25) is 0 Å². The molecule has 0 aliphatic heterocycles. The molecular formula is C13H29NO2. The Hall–Kier alpha value is -0.120. The van der Waals surface area contributed by atoms with Gasteiger partial charge >= 0.3 is 0 Å². The fourth-order valence-corrected chi connectivity index (χ4v) is 1.68. The second-order valence-electron chi connectivity index (χ2n) is 4.52. The summed E-state index contributed by atoms with van der Waals surface area (Å²) in [6.45, 7) is 8.28. The second-order valence-corrected chi connectivity index (χ2v) is 4.52. The van der Waals surface area contributed by atoms with Crippen LogP contribution in [0.3, 0.4) is 0 Å². The van der Waals surface area contributed by atoms with Gasteiger partial charge in [-0.15, -0.1) is 0 Å². The SMILES string of the molecule is CCCCCCCNCCC(C)(O)OCC. The highest BCUT2D eigenvalue weighted by atomic mass is 16.6. The molecule has 0 radical (unpaired) electrons. The molecule has 0 aliphatic rings. The normalized spacial score (nSPS) is 15.0. The molecule has 1 unspecified atom stereocenters. The lowest BCUT2D eigenvalue weighted by atomic mass is 10.1. The van der Waals surface area contributed by atoms with Crippen LogP contribution < -0.4 is 5.32 Å². The van der Waals surface area contributed by atoms with Gasteiger partial charge in [0.1, 0.15) is 0 Å². The minimum absolute atomic E-state index is 0.560. The van der Waals surface area contributed by atoms with Crippen molar-refractivity contribution in [1.29, 1.82) is 0 Å². The fourth-order valence-electron chi connectivity index (χ4n) is 1.68. The Morgan fingerprint density at radius 2 is 1.75 bits per heavy atom. The first-order chi connectivity index (χ1) is 7.62. The Labute approximate surface area is 101 Å². The van der Waals surface area contributed by atoms with Crippen LogP contribution in [0.15, 0.2) is 0 Å². The Kier molecular flexibility index (Phi) is 9.99. The van der Waals surface area contributed by atoms with E-state index >= 15 is 0 Å². The third kappa shape index (κ3) is 10.4. The smallest absolute Gasteiger partial charge is 0.163 e. The van der Waals surface area contributed by atoms with Crippen LogP contribution >= 0.6 is 0 Å². The lowest BCUT2D eigenvalue weighted by molar-refractivity contribution is -0.189. The van der Waals surface area contributed by atoms with Crippen LogP contribution in [0.5, 0.6) is 0 Å². The molecule has 0 amide bonds. The largest absolute Gasteiger partial charge is 0.366 e. The van der Waals surface area contributed by atoms with Crippen molar-refractivity contribution in [3.05, 3.63) is 0 Å². The Morgan fingerprint density at radius 3 is 2.38 bits per heavy atom. The van der Waals surface area contributed by atoms with Gasteiger partial charge in [-0.2, -0.15) is 0 Å². The molecule has 3 heteroatoms. The Morgan fingerprint density at radius 1 is 1.06 bits per heavy atom. The monoisotopic (exact) mass is 231 g/mol. The van der Waals surface area contributed by atoms with Crippen LogP contribution in [0, 0.1) is 0 Å². The first-order valence-electron chi connectivity index (χ1n) is 6.69. The Bertz CT molecular complexity index is 149. The van der Waals surface area contributed by atoms with Crippen LogP contribution in [-0.2, 0) is 4.74 Å². The minimum Gasteiger partial charge on any atom is -0.366 e. The lowest BCUT2D eigenvalue weighted by Crippen LogP contribution is -2.33. The summed E-state index contributed by atoms with van der Waals surface area (Å²) in [5, 5.41) is 13.1. The van der Waals surface area contributed by atoms with Crippen molar-refractivity contribution in [3.63, 3.8) is 0 Å². The first-order valence-corrected chi connectivity index (χ1v) is 6.69. The van der Waals surface area contributed by atoms with E-state index in [1.165, 1.54) is 32.1 Å². The average molecular weight is 231 g/mol. The van der Waals surface area contributed by atoms with E-state index in [-0.39, 0.29) is 0 Å². The molecule has 3 nitrogen and oxygen atoms in total. The number of hydrogen-bond acceptors (Lipinski definition) is 3. The predicted molar refractivity (Wildman–Crippen MR) is 68.5 cm³/mol. The first kappa shape index (κ1) is 15.9. The van der Waals surface area contributed by atoms with E-state index in [2.05, 4.69) is 12.2 Å². The van der Waals surface area contributed by atoms with Gasteiger partial charge < -0.3 is 15.2 Å². The molecule has 2 N–H and O–H groups in total. The van der Waals surface area contributed by atoms with Crippen LogP contribution in [0.25, 0.3) is 0 Å². The average Bonchev–Trinajstić information content (AvgIpc) is 2.22. The van der Waals surface area contributed by atoms with E-state index in [1.54, 1.807) is 6.92 Å². The molecule has 0 aromatic rings. The molecule has 0 aromatic heterocycles. The summed E-state index contributed by atoms with van der Waals surface area (Å²) < 4.78 is 5.20. The number of rotatable bonds is 11. The quantitative estimate of drug-likeness (QED) is 0.424. The summed E-state index contributed by atoms with van der Waals surface area (Å²) in [6.07, 6.45) is 7.17. The summed E-state index contributed by atoms with van der Waals surface area (Å²) >= 11 is 0. The van der Waals surface area contributed by atoms with E-state index < -0.39 is 5.79 Å². The zero-order valence-electron chi connectivity index (χ0n) is 11.2. The van der Waals surface area contributed by atoms with Crippen LogP contribution in [0.2, 0.25) is 0 Å². The number of unbranched alkanes of at least 4 members (excludes halogenated alkanes) is 4. The van der Waals surface area contributed by atoms with Gasteiger partial charge in [-0.1, -0.05) is 32.6 Å². The second kappa shape index (κ2) is 10.1. The highest BCUT2D eigenvalue weighted by Crippen LogP contribution is 2.09. The predicted octanol–water partition coefficient (Wildman–Crippen LogP) is 2.68. The Balaban J connectivity index is 3.20. The number of hydrogen-bond donors (Lipinski definition) is 2. The highest BCUT2D eigenvalue weighted by Gasteiger charge is 2.18. The maximum absolute atomic E-state index is 9.72. The molecule has 0 saturated carbocycles. The van der Waals surface area contributed by atoms with Crippen LogP contribution in [-0.4, -0.2) is 30.6 Å². The van der Waals surface area contributed by atoms with Crippen molar-refractivity contribution in [2.75, 3.05) is 19.7 Å². The van der Waals surface area contributed by atoms with Crippen LogP contribution in [0.4, 0.5) is 0 Å². The van der Waals surface area contributed by atoms with E-state index in [4.69, 9.17) is 4.74 Å². The molecule has 98 valence electrons. The molecule has 0 fully saturated rings. The van der Waals surface area contributed by atoms with Gasteiger partial charge in [0.05, 0.1) is 0 Å². The number of ether oxygens (including phenoxy) is 1. The van der Waals surface area contributed by atoms with E-state index in [9.17, 15) is 5.11 Å². The highest BCUT2D eigenvalue weighted by molar-refractivity contribution is 4.62. The van der Waals surface area contributed by atoms with Gasteiger partial charge in [0, 0.05) is 19.6 Å². The zero-order chi connectivity index (χ0) is 12.3. The van der Waals surface area contributed by atoms with Crippen molar-refractivity contribution >= 4 is 0 Å². The molecule has 0 rings (SSSR count). The molecule has 0 aromatic carbocycles. The van der Waals surface area contributed by atoms with Gasteiger partial charge in [-0.05, 0) is 26.8 Å². The van der Waals surface area contributed by atoms with Crippen molar-refractivity contribution in [2.24, 2.45) is 0 Å². The van der Waals surface area contributed by atoms with Crippen LogP contribution in [0.1, 0.15) is 59.3 Å². The van der Waals surface area contributed by atoms with Crippen molar-refractivity contribution in [3.8, 4) is 0 Å². The van der Waals surface area contributed by atoms with E-state index in [0.717, 1.165) is 13.1 Å². The molecule has 16 heavy (non-hydrogen) atoms. The van der Waals surface area contributed by atoms with Gasteiger partial charge in [-0.25, -0.2) is 0 Å². The van der Waals surface area contributed by atoms with E-state index in [1.807, 2.05) is 6.92 Å². The third-order valence-electron chi connectivity index (χ3n) is 2.68. The van der Waals surface area contributed by atoms with Gasteiger partial charge in [0.15, 0.2) is 5.79 Å². The standard InChI is InChI=1S/C13H29NO2/c1-4-6-7-8-9-11-14-12-10-13(3,15)16-5-2/h14-15H,4-12H2,1-3H3. The summed E-state index contributed by atoms with van der Waals surface area (Å²) in [6, 6.07) is 0. The van der Waals surface area contributed by atoms with Crippen molar-refractivity contribution < 1.29 is 9.84 Å². The summed E-state index contributed by atoms with van der Waals surface area (Å²) in [5.74, 6) is -0.968. The fraction of sp³-hybridized carbons (Fsp3) is 1.00. The third-order valence-corrected chi connectivity index (χ3v) is 2.68. The van der Waals surface area contributed by atoms with Crippen molar-refractivity contribution in [1.82, 2.24) is 5.32 Å². The summed E-state index contributed by atoms with van der Waals surface area (Å²) in [4.78, 5) is 0. The number of aliphatic hydroxyl groups is 1. The molecule has 0 aliphatic carbocycles. The molecule has 0 heterocycles. The molecule has 0 spiro atoms. The van der Waals surface area contributed by atoms with Crippen molar-refractivity contribution in [2.45, 2.75) is 65.1 Å². The molecular weight excluding hydrogens is 202 g/mol. The summed E-state index contributed by atoms with van der Waals surface area (Å²) in [5.41, 5.74) is 0. The van der Waals surface area contributed by atoms with Gasteiger partial charge in [-0.3, -0.25) is 0 Å². The summed E-state index contributed by atoms with van der Waals surface area (Å²) in [7, 11) is 0. The zero-order valence-corrected chi connectivity index (χ0v) is 11.2. The maximum atomic E-state index is 9.72. The molecule has 0 saturated heterocycles. The van der Waals surface area contributed by atoms with E-state index in [0.29, 0.717) is 13.0 Å². The minimum atomic E-state index is -0.968. The topological polar surface area (TPSA) is 41.5 Å². The lowest BCUT2D eigenvalue weighted by Gasteiger charge is -2.23. The van der Waals surface area contributed by atoms with Gasteiger partial charge in [0.25, 0.3) is 0 Å². The number of nitrogens with one attached hydrogen (secondary N) is 1. The maximum Gasteiger partial charge on any atom is 0.163 e.